The molecule has 2 fully saturated rings. The SMILES string of the molecule is CC(C)(C)C(NC(=O)c1cc2cc(C(F)(F)P(=O)(O)O)ccc2s1)C(=O)N1CCC[C@H]1C(=O)N(CCCCCCCC#Cc1cccc2c1CN(C1CCC(=O)NC1=O)C2=O)c1ccc(-c2nccs2)cc1. The zero-order valence-corrected chi connectivity index (χ0v) is 42.5. The van der Waals surface area contributed by atoms with Crippen LogP contribution in [0.1, 0.15) is 122 Å². The zero-order chi connectivity index (χ0) is 51.5. The lowest BCUT2D eigenvalue weighted by atomic mass is 9.85. The molecule has 72 heavy (non-hydrogen) atoms. The van der Waals surface area contributed by atoms with Crippen molar-refractivity contribution in [2.45, 2.75) is 115 Å². The number of thiophene rings is 1. The van der Waals surface area contributed by atoms with Crippen molar-refractivity contribution >= 4 is 81.5 Å². The molecule has 0 aliphatic carbocycles. The van der Waals surface area contributed by atoms with E-state index in [0.717, 1.165) is 70.9 Å². The van der Waals surface area contributed by atoms with Gasteiger partial charge in [0.2, 0.25) is 23.6 Å². The third-order valence-corrected chi connectivity index (χ3v) is 16.2. The van der Waals surface area contributed by atoms with Crippen molar-refractivity contribution in [3.05, 3.63) is 105 Å². The number of amides is 6. The summed E-state index contributed by atoms with van der Waals surface area (Å²) in [6.45, 7) is 6.34. The summed E-state index contributed by atoms with van der Waals surface area (Å²) in [5.41, 5.74) is -2.51. The maximum atomic E-state index is 14.8. The molecule has 3 aliphatic heterocycles. The van der Waals surface area contributed by atoms with Crippen LogP contribution < -0.4 is 15.5 Å². The summed E-state index contributed by atoms with van der Waals surface area (Å²) in [6, 6.07) is 14.9. The number of piperidine rings is 1. The van der Waals surface area contributed by atoms with Gasteiger partial charge in [-0.3, -0.25) is 38.6 Å². The van der Waals surface area contributed by atoms with Crippen molar-refractivity contribution in [1.82, 2.24) is 25.4 Å². The molecule has 20 heteroatoms. The van der Waals surface area contributed by atoms with E-state index in [-0.39, 0.29) is 47.4 Å². The number of alkyl halides is 2. The highest BCUT2D eigenvalue weighted by Crippen LogP contribution is 2.59. The van der Waals surface area contributed by atoms with Crippen LogP contribution in [0.2, 0.25) is 0 Å². The number of carbonyl (C=O) groups is 6. The predicted octanol–water partition coefficient (Wildman–Crippen LogP) is 8.57. The van der Waals surface area contributed by atoms with Gasteiger partial charge in [0, 0.05) is 76.7 Å². The minimum absolute atomic E-state index is 0.105. The second-order valence-corrected chi connectivity index (χ2v) is 23.0. The number of carbonyl (C=O) groups excluding carboxylic acids is 6. The lowest BCUT2D eigenvalue weighted by molar-refractivity contribution is -0.141. The summed E-state index contributed by atoms with van der Waals surface area (Å²) in [6.07, 6.45) is 7.98. The van der Waals surface area contributed by atoms with Crippen LogP contribution in [0, 0.1) is 17.3 Å². The molecule has 3 atom stereocenters. The van der Waals surface area contributed by atoms with E-state index in [0.29, 0.717) is 54.7 Å². The smallest absolute Gasteiger partial charge is 0.339 e. The highest BCUT2D eigenvalue weighted by molar-refractivity contribution is 7.52. The van der Waals surface area contributed by atoms with Gasteiger partial charge in [-0.25, -0.2) is 4.98 Å². The first kappa shape index (κ1) is 52.2. The lowest BCUT2D eigenvalue weighted by Crippen LogP contribution is -2.58. The van der Waals surface area contributed by atoms with Gasteiger partial charge in [0.25, 0.3) is 11.8 Å². The molecule has 5 aromatic rings. The first-order valence-corrected chi connectivity index (χ1v) is 27.2. The normalized spacial score (nSPS) is 17.6. The Morgan fingerprint density at radius 1 is 0.986 bits per heavy atom. The summed E-state index contributed by atoms with van der Waals surface area (Å²) < 4.78 is 41.0. The van der Waals surface area contributed by atoms with E-state index in [9.17, 15) is 51.9 Å². The Bertz CT molecular complexity index is 3010. The number of imide groups is 1. The highest BCUT2D eigenvalue weighted by Gasteiger charge is 2.50. The fourth-order valence-corrected chi connectivity index (χ4v) is 11.5. The van der Waals surface area contributed by atoms with E-state index < -0.39 is 60.1 Å². The molecule has 378 valence electrons. The molecule has 5 heterocycles. The molecule has 2 unspecified atom stereocenters. The highest BCUT2D eigenvalue weighted by atomic mass is 32.1. The molecule has 2 aromatic heterocycles. The molecule has 0 bridgehead atoms. The van der Waals surface area contributed by atoms with E-state index >= 15 is 0 Å². The van der Waals surface area contributed by atoms with Gasteiger partial charge in [-0.2, -0.15) is 8.78 Å². The number of fused-ring (bicyclic) bond motifs is 2. The van der Waals surface area contributed by atoms with Gasteiger partial charge >= 0.3 is 13.3 Å². The summed E-state index contributed by atoms with van der Waals surface area (Å²) in [7, 11) is -5.82. The maximum absolute atomic E-state index is 14.8. The third kappa shape index (κ3) is 11.2. The topological polar surface area (TPSA) is 207 Å². The molecule has 2 saturated heterocycles. The second-order valence-electron chi connectivity index (χ2n) is 19.3. The van der Waals surface area contributed by atoms with Crippen LogP contribution in [0.25, 0.3) is 20.7 Å². The summed E-state index contributed by atoms with van der Waals surface area (Å²) in [4.78, 5) is 108. The number of thiazole rings is 1. The van der Waals surface area contributed by atoms with Gasteiger partial charge in [-0.1, -0.05) is 64.0 Å². The number of hydrogen-bond donors (Lipinski definition) is 4. The van der Waals surface area contributed by atoms with E-state index in [1.807, 2.05) is 35.7 Å². The minimum atomic E-state index is -5.82. The number of rotatable bonds is 16. The largest absolute Gasteiger partial charge is 0.399 e. The maximum Gasteiger partial charge on any atom is 0.399 e. The molecular formula is C52H55F2N6O9PS2. The van der Waals surface area contributed by atoms with Crippen molar-refractivity contribution < 1.29 is 51.9 Å². The monoisotopic (exact) mass is 1040 g/mol. The van der Waals surface area contributed by atoms with Crippen LogP contribution in [0.5, 0.6) is 0 Å². The van der Waals surface area contributed by atoms with Gasteiger partial charge in [-0.05, 0) is 103 Å². The molecule has 3 aromatic carbocycles. The van der Waals surface area contributed by atoms with E-state index in [4.69, 9.17) is 0 Å². The van der Waals surface area contributed by atoms with Gasteiger partial charge in [0.1, 0.15) is 23.1 Å². The molecule has 0 radical (unpaired) electrons. The standard InChI is InChI=1S/C52H55F2N6O9PS2/c1-51(2,3)44(57-46(63)42-30-34-29-35(19-23-41(34)72-42)52(53,54)70(67,68)69)50(66)59-27-12-16-40(59)49(65)58(36-20-17-33(18-21-36)47-55-25-28-71-47)26-10-8-6-4-5-7-9-13-32-14-11-15-37-38(32)31-60(48(37)64)39-22-24-43(61)56-45(39)62/h11,14-15,17-21,23,25,28-30,39-40,44H,4-8,10,12,16,22,24,26-27,31H2,1-3H3,(H,57,63)(H,56,61,62)(H2,67,68,69)/t39?,40-,44?/m0/s1. The molecule has 8 rings (SSSR count). The average Bonchev–Trinajstić information content (AvgIpc) is 4.18. The number of halogens is 2. The number of hydrogen-bond acceptors (Lipinski definition) is 10. The second kappa shape index (κ2) is 21.5. The molecule has 6 amide bonds. The molecule has 0 spiro atoms. The molecule has 4 N–H and O–H groups in total. The lowest BCUT2D eigenvalue weighted by Gasteiger charge is -2.36. The van der Waals surface area contributed by atoms with E-state index in [2.05, 4.69) is 27.5 Å². The van der Waals surface area contributed by atoms with Gasteiger partial charge < -0.3 is 29.8 Å². The van der Waals surface area contributed by atoms with Crippen LogP contribution in [0.3, 0.4) is 0 Å². The quantitative estimate of drug-likeness (QED) is 0.0321. The molecular weight excluding hydrogens is 986 g/mol. The first-order chi connectivity index (χ1) is 34.2. The number of nitrogens with zero attached hydrogens (tertiary/aromatic N) is 4. The van der Waals surface area contributed by atoms with Crippen molar-refractivity contribution in [3.8, 4) is 22.4 Å². The number of unbranched alkanes of at least 4 members (excludes halogenated alkanes) is 5. The Morgan fingerprint density at radius 2 is 1.74 bits per heavy atom. The summed E-state index contributed by atoms with van der Waals surface area (Å²) in [5.74, 6) is 4.14. The van der Waals surface area contributed by atoms with Crippen molar-refractivity contribution in [2.24, 2.45) is 5.41 Å². The van der Waals surface area contributed by atoms with Crippen LogP contribution in [0.4, 0.5) is 14.5 Å². The van der Waals surface area contributed by atoms with E-state index in [1.165, 1.54) is 28.4 Å². The first-order valence-electron chi connectivity index (χ1n) is 23.9. The minimum Gasteiger partial charge on any atom is -0.339 e. The predicted molar refractivity (Wildman–Crippen MR) is 270 cm³/mol. The Labute approximate surface area is 423 Å². The van der Waals surface area contributed by atoms with Crippen LogP contribution in [-0.2, 0) is 36.0 Å². The van der Waals surface area contributed by atoms with Crippen molar-refractivity contribution in [1.29, 1.82) is 0 Å². The van der Waals surface area contributed by atoms with Gasteiger partial charge in [0.15, 0.2) is 0 Å². The van der Waals surface area contributed by atoms with Gasteiger partial charge in [0.05, 0.1) is 4.88 Å². The average molecular weight is 1040 g/mol. The zero-order valence-electron chi connectivity index (χ0n) is 40.0. The van der Waals surface area contributed by atoms with Crippen molar-refractivity contribution in [2.75, 3.05) is 18.0 Å². The Hall–Kier alpha value is -6.16. The van der Waals surface area contributed by atoms with Crippen LogP contribution in [0.15, 0.2) is 78.3 Å². The fraction of sp³-hybridized carbons (Fsp3) is 0.404. The molecule has 0 saturated carbocycles. The van der Waals surface area contributed by atoms with E-state index in [1.54, 1.807) is 48.9 Å². The number of anilines is 1. The number of likely N-dealkylation sites (tertiary alicyclic amines) is 1. The van der Waals surface area contributed by atoms with Gasteiger partial charge in [-0.15, -0.1) is 22.7 Å². The number of nitrogens with one attached hydrogen (secondary N) is 2. The van der Waals surface area contributed by atoms with Crippen LogP contribution in [-0.4, -0.2) is 91.2 Å². The molecule has 15 nitrogen and oxygen atoms in total. The third-order valence-electron chi connectivity index (χ3n) is 13.3. The number of benzene rings is 3. The Morgan fingerprint density at radius 3 is 2.44 bits per heavy atom. The fourth-order valence-electron chi connectivity index (χ4n) is 9.38. The summed E-state index contributed by atoms with van der Waals surface area (Å²) >= 11 is 2.49. The molecule has 3 aliphatic rings. The summed E-state index contributed by atoms with van der Waals surface area (Å²) in [5, 5.41) is 8.10. The number of aromatic nitrogens is 1. The van der Waals surface area contributed by atoms with Crippen molar-refractivity contribution in [3.63, 3.8) is 0 Å². The Balaban J connectivity index is 0.899. The Kier molecular flexibility index (Phi) is 15.6. The van der Waals surface area contributed by atoms with Crippen LogP contribution >= 0.6 is 30.3 Å².